The molecule has 0 bridgehead atoms. The van der Waals surface area contributed by atoms with Crippen LogP contribution in [0.2, 0.25) is 0 Å². The fourth-order valence-corrected chi connectivity index (χ4v) is 5.05. The standard InChI is InChI=1S/C20H21F3N2O5S/c1-29-13-5-8-16(30-2)17(10-13)31(27,28)25-9-3-4-12(11-25)20(26)24-15-7-6-14(21)18(22)19(15)23/h5-8,10,12H,3-4,9,11H2,1-2H3,(H,24,26)/t12-/m1/s1. The van der Waals surface area contributed by atoms with Crippen LogP contribution in [0.1, 0.15) is 12.8 Å². The summed E-state index contributed by atoms with van der Waals surface area (Å²) in [5.74, 6) is -5.66. The van der Waals surface area contributed by atoms with Crippen molar-refractivity contribution >= 4 is 21.6 Å². The molecule has 1 amide bonds. The van der Waals surface area contributed by atoms with Crippen molar-refractivity contribution in [3.8, 4) is 11.5 Å². The van der Waals surface area contributed by atoms with Gasteiger partial charge in [0.05, 0.1) is 25.8 Å². The number of rotatable bonds is 6. The highest BCUT2D eigenvalue weighted by Gasteiger charge is 2.35. The van der Waals surface area contributed by atoms with Gasteiger partial charge in [-0.3, -0.25) is 4.79 Å². The summed E-state index contributed by atoms with van der Waals surface area (Å²) in [6.07, 6.45) is 0.724. The van der Waals surface area contributed by atoms with Crippen LogP contribution in [-0.2, 0) is 14.8 Å². The molecule has 0 aliphatic carbocycles. The highest BCUT2D eigenvalue weighted by molar-refractivity contribution is 7.89. The predicted molar refractivity (Wildman–Crippen MR) is 106 cm³/mol. The molecule has 1 N–H and O–H groups in total. The van der Waals surface area contributed by atoms with Crippen molar-refractivity contribution in [1.29, 1.82) is 0 Å². The highest BCUT2D eigenvalue weighted by atomic mass is 32.2. The number of hydrogen-bond acceptors (Lipinski definition) is 5. The van der Waals surface area contributed by atoms with Crippen LogP contribution in [0.5, 0.6) is 11.5 Å². The van der Waals surface area contributed by atoms with E-state index in [1.54, 1.807) is 6.07 Å². The molecular formula is C20H21F3N2O5S. The number of benzene rings is 2. The third-order valence-electron chi connectivity index (χ3n) is 5.04. The zero-order chi connectivity index (χ0) is 22.8. The molecule has 7 nitrogen and oxygen atoms in total. The van der Waals surface area contributed by atoms with E-state index in [1.807, 2.05) is 0 Å². The summed E-state index contributed by atoms with van der Waals surface area (Å²) in [6, 6.07) is 5.95. The van der Waals surface area contributed by atoms with Crippen molar-refractivity contribution in [3.63, 3.8) is 0 Å². The maximum absolute atomic E-state index is 13.9. The fraction of sp³-hybridized carbons (Fsp3) is 0.350. The molecule has 1 fully saturated rings. The Labute approximate surface area is 177 Å². The normalized spacial score (nSPS) is 17.3. The average molecular weight is 458 g/mol. The lowest BCUT2D eigenvalue weighted by molar-refractivity contribution is -0.120. The van der Waals surface area contributed by atoms with E-state index in [1.165, 1.54) is 26.4 Å². The number of carbonyl (C=O) groups excluding carboxylic acids is 1. The van der Waals surface area contributed by atoms with Crippen LogP contribution in [0, 0.1) is 23.4 Å². The first-order valence-electron chi connectivity index (χ1n) is 9.35. The monoisotopic (exact) mass is 458 g/mol. The van der Waals surface area contributed by atoms with Crippen LogP contribution in [0.15, 0.2) is 35.2 Å². The Morgan fingerprint density at radius 3 is 2.52 bits per heavy atom. The highest BCUT2D eigenvalue weighted by Crippen LogP contribution is 2.33. The lowest BCUT2D eigenvalue weighted by Crippen LogP contribution is -2.43. The number of nitrogens with zero attached hydrogens (tertiary/aromatic N) is 1. The molecule has 2 aromatic rings. The van der Waals surface area contributed by atoms with Crippen LogP contribution < -0.4 is 14.8 Å². The molecule has 0 spiro atoms. The van der Waals surface area contributed by atoms with Gasteiger partial charge in [-0.05, 0) is 37.1 Å². The number of amides is 1. The quantitative estimate of drug-likeness (QED) is 0.673. The summed E-state index contributed by atoms with van der Waals surface area (Å²) >= 11 is 0. The summed E-state index contributed by atoms with van der Waals surface area (Å²) in [6.45, 7) is 0.00580. The van der Waals surface area contributed by atoms with Crippen molar-refractivity contribution in [1.82, 2.24) is 4.31 Å². The number of halogens is 3. The van der Waals surface area contributed by atoms with Gasteiger partial charge < -0.3 is 14.8 Å². The second kappa shape index (κ2) is 9.15. The van der Waals surface area contributed by atoms with Gasteiger partial charge in [-0.1, -0.05) is 0 Å². The van der Waals surface area contributed by atoms with E-state index in [2.05, 4.69) is 5.32 Å². The molecule has 31 heavy (non-hydrogen) atoms. The van der Waals surface area contributed by atoms with Gasteiger partial charge in [0, 0.05) is 19.2 Å². The summed E-state index contributed by atoms with van der Waals surface area (Å²) in [7, 11) is -1.30. The van der Waals surface area contributed by atoms with Crippen LogP contribution in [0.25, 0.3) is 0 Å². The zero-order valence-electron chi connectivity index (χ0n) is 16.8. The number of anilines is 1. The van der Waals surface area contributed by atoms with Gasteiger partial charge in [0.1, 0.15) is 16.4 Å². The molecule has 3 rings (SSSR count). The predicted octanol–water partition coefficient (Wildman–Crippen LogP) is 3.16. The average Bonchev–Trinajstić information content (AvgIpc) is 2.79. The van der Waals surface area contributed by atoms with E-state index in [9.17, 15) is 26.4 Å². The van der Waals surface area contributed by atoms with Crippen LogP contribution in [-0.4, -0.2) is 45.9 Å². The summed E-state index contributed by atoms with van der Waals surface area (Å²) < 4.78 is 78.2. The van der Waals surface area contributed by atoms with Gasteiger partial charge in [0.2, 0.25) is 15.9 Å². The summed E-state index contributed by atoms with van der Waals surface area (Å²) in [4.78, 5) is 12.5. The zero-order valence-corrected chi connectivity index (χ0v) is 17.6. The molecule has 1 saturated heterocycles. The smallest absolute Gasteiger partial charge is 0.246 e. The maximum Gasteiger partial charge on any atom is 0.246 e. The molecule has 1 atom stereocenters. The number of ether oxygens (including phenoxy) is 2. The van der Waals surface area contributed by atoms with E-state index in [0.717, 1.165) is 10.4 Å². The Bertz CT molecular complexity index is 1090. The Hall–Kier alpha value is -2.79. The van der Waals surface area contributed by atoms with E-state index in [0.29, 0.717) is 24.7 Å². The number of nitrogens with one attached hydrogen (secondary N) is 1. The van der Waals surface area contributed by atoms with Crippen molar-refractivity contribution < 1.29 is 35.9 Å². The third-order valence-corrected chi connectivity index (χ3v) is 6.92. The van der Waals surface area contributed by atoms with E-state index in [-0.39, 0.29) is 23.7 Å². The van der Waals surface area contributed by atoms with Crippen molar-refractivity contribution in [2.24, 2.45) is 5.92 Å². The van der Waals surface area contributed by atoms with E-state index < -0.39 is 45.0 Å². The van der Waals surface area contributed by atoms with Gasteiger partial charge in [0.25, 0.3) is 0 Å². The minimum Gasteiger partial charge on any atom is -0.497 e. The van der Waals surface area contributed by atoms with Crippen molar-refractivity contribution in [2.45, 2.75) is 17.7 Å². The van der Waals surface area contributed by atoms with Gasteiger partial charge in [-0.2, -0.15) is 4.31 Å². The summed E-state index contributed by atoms with van der Waals surface area (Å²) in [5.41, 5.74) is -0.515. The van der Waals surface area contributed by atoms with Gasteiger partial charge in [0.15, 0.2) is 17.5 Å². The van der Waals surface area contributed by atoms with Crippen molar-refractivity contribution in [2.75, 3.05) is 32.6 Å². The lowest BCUT2D eigenvalue weighted by Gasteiger charge is -2.31. The Morgan fingerprint density at radius 1 is 1.10 bits per heavy atom. The minimum atomic E-state index is -4.03. The van der Waals surface area contributed by atoms with Gasteiger partial charge in [-0.25, -0.2) is 21.6 Å². The van der Waals surface area contributed by atoms with Crippen LogP contribution >= 0.6 is 0 Å². The number of hydrogen-bond donors (Lipinski definition) is 1. The van der Waals surface area contributed by atoms with E-state index in [4.69, 9.17) is 9.47 Å². The topological polar surface area (TPSA) is 84.9 Å². The SMILES string of the molecule is COc1ccc(OC)c(S(=O)(=O)N2CCC[C@@H](C(=O)Nc3ccc(F)c(F)c3F)C2)c1. The molecule has 11 heteroatoms. The Morgan fingerprint density at radius 2 is 1.84 bits per heavy atom. The third kappa shape index (κ3) is 4.62. The molecule has 1 aliphatic rings. The molecular weight excluding hydrogens is 437 g/mol. The first-order valence-corrected chi connectivity index (χ1v) is 10.8. The van der Waals surface area contributed by atoms with Crippen LogP contribution in [0.4, 0.5) is 18.9 Å². The van der Waals surface area contributed by atoms with Gasteiger partial charge in [-0.15, -0.1) is 0 Å². The maximum atomic E-state index is 13.9. The molecule has 2 aromatic carbocycles. The second-order valence-electron chi connectivity index (χ2n) is 6.93. The fourth-order valence-electron chi connectivity index (χ4n) is 3.36. The first-order chi connectivity index (χ1) is 14.7. The number of methoxy groups -OCH3 is 2. The number of sulfonamides is 1. The number of piperidine rings is 1. The molecule has 1 aliphatic heterocycles. The molecule has 168 valence electrons. The summed E-state index contributed by atoms with van der Waals surface area (Å²) in [5, 5.41) is 2.21. The first kappa shape index (κ1) is 22.9. The number of carbonyl (C=O) groups is 1. The minimum absolute atomic E-state index is 0.109. The second-order valence-corrected chi connectivity index (χ2v) is 8.84. The molecule has 1 heterocycles. The molecule has 0 radical (unpaired) electrons. The molecule has 0 aromatic heterocycles. The lowest BCUT2D eigenvalue weighted by atomic mass is 9.98. The van der Waals surface area contributed by atoms with Gasteiger partial charge >= 0.3 is 0 Å². The van der Waals surface area contributed by atoms with Crippen molar-refractivity contribution in [3.05, 3.63) is 47.8 Å². The largest absolute Gasteiger partial charge is 0.497 e. The molecule has 0 saturated carbocycles. The van der Waals surface area contributed by atoms with E-state index >= 15 is 0 Å². The molecule has 0 unspecified atom stereocenters. The Balaban J connectivity index is 1.82. The van der Waals surface area contributed by atoms with Crippen LogP contribution in [0.3, 0.4) is 0 Å². The Kier molecular flexibility index (Phi) is 6.75.